The molecule has 0 bridgehead atoms. The van der Waals surface area contributed by atoms with E-state index < -0.39 is 5.60 Å². The van der Waals surface area contributed by atoms with Gasteiger partial charge in [0.05, 0.1) is 5.60 Å². The third-order valence-electron chi connectivity index (χ3n) is 4.41. The molecule has 0 spiro atoms. The lowest BCUT2D eigenvalue weighted by Gasteiger charge is -2.32. The lowest BCUT2D eigenvalue weighted by molar-refractivity contribution is -0.0340. The molecule has 1 aliphatic carbocycles. The number of nitrogens with one attached hydrogen (secondary N) is 1. The number of rotatable bonds is 5. The van der Waals surface area contributed by atoms with Gasteiger partial charge >= 0.3 is 0 Å². The Morgan fingerprint density at radius 1 is 1.30 bits per heavy atom. The van der Waals surface area contributed by atoms with Crippen molar-refractivity contribution in [1.82, 2.24) is 5.32 Å². The Labute approximate surface area is 122 Å². The normalized spacial score (nSPS) is 19.6. The summed E-state index contributed by atoms with van der Waals surface area (Å²) in [4.78, 5) is 0. The van der Waals surface area contributed by atoms with Gasteiger partial charge < -0.3 is 15.2 Å². The van der Waals surface area contributed by atoms with E-state index >= 15 is 0 Å². The quantitative estimate of drug-likeness (QED) is 0.867. The maximum absolute atomic E-state index is 10.5. The van der Waals surface area contributed by atoms with Crippen LogP contribution in [0.5, 0.6) is 5.75 Å². The van der Waals surface area contributed by atoms with Crippen LogP contribution in [0.1, 0.15) is 56.2 Å². The fraction of sp³-hybridized carbons (Fsp3) is 0.647. The molecule has 3 heteroatoms. The highest BCUT2D eigenvalue weighted by molar-refractivity contribution is 5.37. The van der Waals surface area contributed by atoms with E-state index in [1.54, 1.807) is 0 Å². The molecule has 1 saturated carbocycles. The minimum atomic E-state index is -0.623. The second-order valence-corrected chi connectivity index (χ2v) is 6.11. The molecule has 0 saturated heterocycles. The Balaban J connectivity index is 1.99. The summed E-state index contributed by atoms with van der Waals surface area (Å²) < 4.78 is 5.88. The third-order valence-corrected chi connectivity index (χ3v) is 4.41. The minimum Gasteiger partial charge on any atom is -0.490 e. The van der Waals surface area contributed by atoms with Gasteiger partial charge in [-0.3, -0.25) is 0 Å². The molecule has 0 aromatic heterocycles. The molecule has 0 heterocycles. The van der Waals surface area contributed by atoms with Crippen LogP contribution in [0.2, 0.25) is 0 Å². The highest BCUT2D eigenvalue weighted by Crippen LogP contribution is 2.30. The zero-order valence-electron chi connectivity index (χ0n) is 12.9. The first-order chi connectivity index (χ1) is 9.54. The second kappa shape index (κ2) is 6.59. The first kappa shape index (κ1) is 15.3. The molecule has 0 radical (unpaired) electrons. The molecule has 2 N–H and O–H groups in total. The first-order valence-electron chi connectivity index (χ1n) is 7.67. The Kier molecular flexibility index (Phi) is 5.06. The van der Waals surface area contributed by atoms with Gasteiger partial charge in [-0.25, -0.2) is 0 Å². The standard InChI is InChI=1S/C17H27NO2/c1-13-11-15(14(2)18-3)7-8-16(13)20-12-17(19)9-5-4-6-10-17/h7-8,11,14,18-19H,4-6,9-10,12H2,1-3H3. The van der Waals surface area contributed by atoms with Crippen molar-refractivity contribution in [3.63, 3.8) is 0 Å². The van der Waals surface area contributed by atoms with Crippen LogP contribution < -0.4 is 10.1 Å². The van der Waals surface area contributed by atoms with Crippen LogP contribution in [0.4, 0.5) is 0 Å². The molecule has 0 amide bonds. The van der Waals surface area contributed by atoms with Crippen LogP contribution in [0.3, 0.4) is 0 Å². The van der Waals surface area contributed by atoms with Crippen molar-refractivity contribution in [2.45, 2.75) is 57.6 Å². The van der Waals surface area contributed by atoms with Gasteiger partial charge in [0.15, 0.2) is 0 Å². The second-order valence-electron chi connectivity index (χ2n) is 6.11. The van der Waals surface area contributed by atoms with Crippen LogP contribution in [0, 0.1) is 6.92 Å². The van der Waals surface area contributed by atoms with Crippen molar-refractivity contribution in [2.24, 2.45) is 0 Å². The number of benzene rings is 1. The van der Waals surface area contributed by atoms with Crippen molar-refractivity contribution < 1.29 is 9.84 Å². The van der Waals surface area contributed by atoms with Crippen molar-refractivity contribution in [3.8, 4) is 5.75 Å². The summed E-state index contributed by atoms with van der Waals surface area (Å²) in [7, 11) is 1.96. The molecule has 2 rings (SSSR count). The minimum absolute atomic E-state index is 0.338. The van der Waals surface area contributed by atoms with E-state index in [0.717, 1.165) is 37.0 Å². The molecular weight excluding hydrogens is 250 g/mol. The Morgan fingerprint density at radius 3 is 2.60 bits per heavy atom. The summed E-state index contributed by atoms with van der Waals surface area (Å²) >= 11 is 0. The molecule has 1 unspecified atom stereocenters. The molecule has 1 aliphatic rings. The maximum atomic E-state index is 10.5. The Hall–Kier alpha value is -1.06. The molecule has 1 aromatic rings. The number of hydrogen-bond donors (Lipinski definition) is 2. The molecule has 1 atom stereocenters. The van der Waals surface area contributed by atoms with Crippen molar-refractivity contribution in [1.29, 1.82) is 0 Å². The monoisotopic (exact) mass is 277 g/mol. The van der Waals surface area contributed by atoms with Crippen molar-refractivity contribution >= 4 is 0 Å². The van der Waals surface area contributed by atoms with E-state index in [0.29, 0.717) is 12.6 Å². The molecule has 112 valence electrons. The van der Waals surface area contributed by atoms with E-state index in [4.69, 9.17) is 4.74 Å². The highest BCUT2D eigenvalue weighted by Gasteiger charge is 2.30. The Bertz CT molecular complexity index is 439. The van der Waals surface area contributed by atoms with E-state index in [1.165, 1.54) is 12.0 Å². The lowest BCUT2D eigenvalue weighted by Crippen LogP contribution is -2.38. The van der Waals surface area contributed by atoms with Gasteiger partial charge in [-0.05, 0) is 50.9 Å². The van der Waals surface area contributed by atoms with E-state index in [1.807, 2.05) is 13.1 Å². The van der Waals surface area contributed by atoms with Crippen LogP contribution in [-0.2, 0) is 0 Å². The molecular formula is C17H27NO2. The molecule has 1 fully saturated rings. The number of aryl methyl sites for hydroxylation is 1. The maximum Gasteiger partial charge on any atom is 0.122 e. The fourth-order valence-corrected chi connectivity index (χ4v) is 2.84. The van der Waals surface area contributed by atoms with Crippen LogP contribution >= 0.6 is 0 Å². The number of hydrogen-bond acceptors (Lipinski definition) is 3. The van der Waals surface area contributed by atoms with Gasteiger partial charge in [0.25, 0.3) is 0 Å². The lowest BCUT2D eigenvalue weighted by atomic mass is 9.85. The predicted octanol–water partition coefficient (Wildman–Crippen LogP) is 3.35. The van der Waals surface area contributed by atoms with Gasteiger partial charge in [0.2, 0.25) is 0 Å². The van der Waals surface area contributed by atoms with E-state index in [-0.39, 0.29) is 0 Å². The van der Waals surface area contributed by atoms with Crippen molar-refractivity contribution in [2.75, 3.05) is 13.7 Å². The van der Waals surface area contributed by atoms with Gasteiger partial charge in [-0.15, -0.1) is 0 Å². The zero-order valence-corrected chi connectivity index (χ0v) is 12.9. The topological polar surface area (TPSA) is 41.5 Å². The predicted molar refractivity (Wildman–Crippen MR) is 82.2 cm³/mol. The smallest absolute Gasteiger partial charge is 0.122 e. The summed E-state index contributed by atoms with van der Waals surface area (Å²) in [6.07, 6.45) is 5.18. The van der Waals surface area contributed by atoms with Crippen LogP contribution in [0.15, 0.2) is 18.2 Å². The zero-order chi connectivity index (χ0) is 14.6. The highest BCUT2D eigenvalue weighted by atomic mass is 16.5. The van der Waals surface area contributed by atoms with Crippen LogP contribution in [-0.4, -0.2) is 24.4 Å². The van der Waals surface area contributed by atoms with Crippen LogP contribution in [0.25, 0.3) is 0 Å². The summed E-state index contributed by atoms with van der Waals surface area (Å²) in [6, 6.07) is 6.60. The fourth-order valence-electron chi connectivity index (χ4n) is 2.84. The Morgan fingerprint density at radius 2 is 2.00 bits per heavy atom. The van der Waals surface area contributed by atoms with Gasteiger partial charge in [0, 0.05) is 6.04 Å². The number of ether oxygens (including phenoxy) is 1. The molecule has 0 aliphatic heterocycles. The molecule has 3 nitrogen and oxygen atoms in total. The summed E-state index contributed by atoms with van der Waals surface area (Å²) in [5.41, 5.74) is 1.76. The summed E-state index contributed by atoms with van der Waals surface area (Å²) in [5.74, 6) is 0.885. The van der Waals surface area contributed by atoms with Gasteiger partial charge in [-0.2, -0.15) is 0 Å². The average molecular weight is 277 g/mol. The first-order valence-corrected chi connectivity index (χ1v) is 7.67. The third kappa shape index (κ3) is 3.74. The summed E-state index contributed by atoms with van der Waals surface area (Å²) in [6.45, 7) is 4.61. The largest absolute Gasteiger partial charge is 0.490 e. The molecule has 1 aromatic carbocycles. The average Bonchev–Trinajstić information content (AvgIpc) is 2.46. The van der Waals surface area contributed by atoms with E-state index in [9.17, 15) is 5.11 Å². The van der Waals surface area contributed by atoms with Gasteiger partial charge in [0.1, 0.15) is 12.4 Å². The number of aliphatic hydroxyl groups is 1. The molecule has 20 heavy (non-hydrogen) atoms. The van der Waals surface area contributed by atoms with Crippen molar-refractivity contribution in [3.05, 3.63) is 29.3 Å². The SMILES string of the molecule is CNC(C)c1ccc(OCC2(O)CCCCC2)c(C)c1. The van der Waals surface area contributed by atoms with Gasteiger partial charge in [-0.1, -0.05) is 31.4 Å². The summed E-state index contributed by atoms with van der Waals surface area (Å²) in [5, 5.41) is 13.7. The van der Waals surface area contributed by atoms with E-state index in [2.05, 4.69) is 31.3 Å².